The van der Waals surface area contributed by atoms with E-state index in [2.05, 4.69) is 5.32 Å². The van der Waals surface area contributed by atoms with E-state index in [1.807, 2.05) is 32.0 Å². The summed E-state index contributed by atoms with van der Waals surface area (Å²) in [4.78, 5) is 26.8. The van der Waals surface area contributed by atoms with Crippen molar-refractivity contribution >= 4 is 52.5 Å². The van der Waals surface area contributed by atoms with Crippen LogP contribution in [0.15, 0.2) is 42.0 Å². The lowest BCUT2D eigenvalue weighted by molar-refractivity contribution is -0.122. The van der Waals surface area contributed by atoms with Crippen molar-refractivity contribution in [3.63, 3.8) is 0 Å². The van der Waals surface area contributed by atoms with E-state index < -0.39 is 11.8 Å². The standard InChI is InChI=1S/C20H17ClN2O3S/c1-11-4-6-16(12(2)8-11)23-19(25)14(18(24)22-20(23)27)9-13-5-7-17(26-3)15(21)10-13/h4-10H,1-3H3,(H,22,24,27)/b14-9-. The van der Waals surface area contributed by atoms with Crippen LogP contribution in [0.25, 0.3) is 6.08 Å². The zero-order valence-electron chi connectivity index (χ0n) is 15.0. The van der Waals surface area contributed by atoms with Gasteiger partial charge in [0.15, 0.2) is 5.11 Å². The lowest BCUT2D eigenvalue weighted by atomic mass is 10.0. The van der Waals surface area contributed by atoms with E-state index in [9.17, 15) is 9.59 Å². The number of nitrogens with one attached hydrogen (secondary N) is 1. The van der Waals surface area contributed by atoms with Crippen LogP contribution in [0.4, 0.5) is 5.69 Å². The SMILES string of the molecule is COc1ccc(/C=C2/C(=O)NC(=S)N(c3ccc(C)cc3C)C2=O)cc1Cl. The van der Waals surface area contributed by atoms with Crippen molar-refractivity contribution in [2.45, 2.75) is 13.8 Å². The van der Waals surface area contributed by atoms with Gasteiger partial charge in [-0.3, -0.25) is 19.8 Å². The molecule has 0 aliphatic carbocycles. The number of amides is 2. The van der Waals surface area contributed by atoms with Crippen molar-refractivity contribution in [2.75, 3.05) is 12.0 Å². The number of aryl methyl sites for hydroxylation is 2. The van der Waals surface area contributed by atoms with Crippen LogP contribution >= 0.6 is 23.8 Å². The average Bonchev–Trinajstić information content (AvgIpc) is 2.60. The number of hydrogen-bond donors (Lipinski definition) is 1. The first-order valence-corrected chi connectivity index (χ1v) is 8.92. The summed E-state index contributed by atoms with van der Waals surface area (Å²) < 4.78 is 5.12. The third-order valence-electron chi connectivity index (χ3n) is 4.18. The number of rotatable bonds is 3. The highest BCUT2D eigenvalue weighted by molar-refractivity contribution is 7.80. The smallest absolute Gasteiger partial charge is 0.270 e. The molecule has 0 spiro atoms. The molecule has 2 aromatic rings. The maximum absolute atomic E-state index is 13.0. The number of anilines is 1. The second-order valence-electron chi connectivity index (χ2n) is 6.14. The van der Waals surface area contributed by atoms with Crippen LogP contribution in [-0.4, -0.2) is 24.0 Å². The Morgan fingerprint density at radius 3 is 2.52 bits per heavy atom. The summed E-state index contributed by atoms with van der Waals surface area (Å²) in [6, 6.07) is 10.7. The van der Waals surface area contributed by atoms with Crippen molar-refractivity contribution in [3.8, 4) is 5.75 Å². The molecule has 138 valence electrons. The Morgan fingerprint density at radius 2 is 1.89 bits per heavy atom. The Balaban J connectivity index is 2.03. The summed E-state index contributed by atoms with van der Waals surface area (Å²) in [6.45, 7) is 3.86. The van der Waals surface area contributed by atoms with Crippen LogP contribution in [0.2, 0.25) is 5.02 Å². The number of benzene rings is 2. The predicted octanol–water partition coefficient (Wildman–Crippen LogP) is 3.80. The molecule has 1 saturated heterocycles. The first kappa shape index (κ1) is 19.1. The van der Waals surface area contributed by atoms with Gasteiger partial charge >= 0.3 is 0 Å². The monoisotopic (exact) mass is 400 g/mol. The number of carbonyl (C=O) groups excluding carboxylic acids is 2. The molecule has 1 aliphatic rings. The van der Waals surface area contributed by atoms with Gasteiger partial charge in [-0.1, -0.05) is 35.4 Å². The highest BCUT2D eigenvalue weighted by Crippen LogP contribution is 2.28. The molecule has 2 aromatic carbocycles. The summed E-state index contributed by atoms with van der Waals surface area (Å²) in [5, 5.41) is 3.02. The van der Waals surface area contributed by atoms with E-state index in [1.54, 1.807) is 18.2 Å². The maximum Gasteiger partial charge on any atom is 0.270 e. The Kier molecular flexibility index (Phi) is 5.30. The van der Waals surface area contributed by atoms with Crippen LogP contribution in [-0.2, 0) is 9.59 Å². The Bertz CT molecular complexity index is 1000. The van der Waals surface area contributed by atoms with Gasteiger partial charge in [-0.25, -0.2) is 0 Å². The summed E-state index contributed by atoms with van der Waals surface area (Å²) in [6.07, 6.45) is 1.49. The molecule has 7 heteroatoms. The third kappa shape index (κ3) is 3.72. The van der Waals surface area contributed by atoms with E-state index in [0.717, 1.165) is 11.1 Å². The highest BCUT2D eigenvalue weighted by Gasteiger charge is 2.35. The summed E-state index contributed by atoms with van der Waals surface area (Å²) in [7, 11) is 1.51. The van der Waals surface area contributed by atoms with Gasteiger partial charge in [0.25, 0.3) is 11.8 Å². The molecule has 0 aromatic heterocycles. The van der Waals surface area contributed by atoms with Crippen molar-refractivity contribution in [1.29, 1.82) is 0 Å². The number of nitrogens with zero attached hydrogens (tertiary/aromatic N) is 1. The van der Waals surface area contributed by atoms with E-state index in [-0.39, 0.29) is 10.7 Å². The average molecular weight is 401 g/mol. The van der Waals surface area contributed by atoms with Crippen LogP contribution in [0, 0.1) is 13.8 Å². The molecule has 5 nitrogen and oxygen atoms in total. The molecule has 0 saturated carbocycles. The van der Waals surface area contributed by atoms with Crippen LogP contribution in [0.3, 0.4) is 0 Å². The molecule has 1 aliphatic heterocycles. The molecule has 0 radical (unpaired) electrons. The minimum absolute atomic E-state index is 0.0233. The molecule has 1 fully saturated rings. The normalized spacial score (nSPS) is 15.9. The first-order valence-electron chi connectivity index (χ1n) is 8.14. The van der Waals surface area contributed by atoms with E-state index >= 15 is 0 Å². The van der Waals surface area contributed by atoms with Gasteiger partial charge < -0.3 is 4.74 Å². The molecule has 3 rings (SSSR count). The number of thiocarbonyl (C=S) groups is 1. The number of halogens is 1. The van der Waals surface area contributed by atoms with Gasteiger partial charge in [0.1, 0.15) is 11.3 Å². The number of ether oxygens (including phenoxy) is 1. The van der Waals surface area contributed by atoms with E-state index in [0.29, 0.717) is 22.0 Å². The van der Waals surface area contributed by atoms with Gasteiger partial charge in [-0.15, -0.1) is 0 Å². The van der Waals surface area contributed by atoms with Crippen molar-refractivity contribution in [1.82, 2.24) is 5.32 Å². The molecule has 1 N–H and O–H groups in total. The minimum atomic E-state index is -0.544. The third-order valence-corrected chi connectivity index (χ3v) is 4.76. The van der Waals surface area contributed by atoms with Gasteiger partial charge in [-0.05, 0) is 61.5 Å². The minimum Gasteiger partial charge on any atom is -0.495 e. The lowest BCUT2D eigenvalue weighted by Gasteiger charge is -2.30. The van der Waals surface area contributed by atoms with E-state index in [4.69, 9.17) is 28.6 Å². The fourth-order valence-electron chi connectivity index (χ4n) is 2.87. The molecule has 1 heterocycles. The van der Waals surface area contributed by atoms with Crippen LogP contribution in [0.5, 0.6) is 5.75 Å². The summed E-state index contributed by atoms with van der Waals surface area (Å²) in [5.74, 6) is -0.517. The van der Waals surface area contributed by atoms with Crippen molar-refractivity contribution in [3.05, 3.63) is 63.7 Å². The molecule has 0 unspecified atom stereocenters. The summed E-state index contributed by atoms with van der Waals surface area (Å²) in [5.41, 5.74) is 3.17. The summed E-state index contributed by atoms with van der Waals surface area (Å²) >= 11 is 11.4. The Hall–Kier alpha value is -2.70. The maximum atomic E-state index is 13.0. The molecule has 2 amide bonds. The van der Waals surface area contributed by atoms with Gasteiger partial charge in [-0.2, -0.15) is 0 Å². The fourth-order valence-corrected chi connectivity index (χ4v) is 3.41. The zero-order valence-corrected chi connectivity index (χ0v) is 16.6. The van der Waals surface area contributed by atoms with Crippen LogP contribution in [0.1, 0.15) is 16.7 Å². The number of hydrogen-bond acceptors (Lipinski definition) is 4. The largest absolute Gasteiger partial charge is 0.495 e. The topological polar surface area (TPSA) is 58.6 Å². The van der Waals surface area contributed by atoms with Gasteiger partial charge in [0.2, 0.25) is 0 Å². The second-order valence-corrected chi connectivity index (χ2v) is 6.94. The van der Waals surface area contributed by atoms with Gasteiger partial charge in [0, 0.05) is 0 Å². The van der Waals surface area contributed by atoms with Crippen molar-refractivity contribution < 1.29 is 14.3 Å². The van der Waals surface area contributed by atoms with Crippen LogP contribution < -0.4 is 15.0 Å². The highest BCUT2D eigenvalue weighted by atomic mass is 35.5. The predicted molar refractivity (Wildman–Crippen MR) is 110 cm³/mol. The number of methoxy groups -OCH3 is 1. The van der Waals surface area contributed by atoms with Crippen molar-refractivity contribution in [2.24, 2.45) is 0 Å². The first-order chi connectivity index (χ1) is 12.8. The number of carbonyl (C=O) groups is 2. The molecular formula is C20H17ClN2O3S. The van der Waals surface area contributed by atoms with Gasteiger partial charge in [0.05, 0.1) is 17.8 Å². The Morgan fingerprint density at radius 1 is 1.15 bits per heavy atom. The second kappa shape index (κ2) is 7.50. The lowest BCUT2D eigenvalue weighted by Crippen LogP contribution is -2.54. The van der Waals surface area contributed by atoms with E-state index in [1.165, 1.54) is 18.1 Å². The molecule has 27 heavy (non-hydrogen) atoms. The molecule has 0 atom stereocenters. The Labute approximate surface area is 167 Å². The molecule has 0 bridgehead atoms. The zero-order chi connectivity index (χ0) is 19.7. The molecular weight excluding hydrogens is 384 g/mol. The fraction of sp³-hybridized carbons (Fsp3) is 0.150. The quantitative estimate of drug-likeness (QED) is 0.483.